The molecule has 1 atom stereocenters. The van der Waals surface area contributed by atoms with Gasteiger partial charge in [-0.3, -0.25) is 0 Å². The van der Waals surface area contributed by atoms with Crippen LogP contribution < -0.4 is 5.32 Å². The summed E-state index contributed by atoms with van der Waals surface area (Å²) in [6.45, 7) is 2.02. The highest BCUT2D eigenvalue weighted by molar-refractivity contribution is 6.31. The van der Waals surface area contributed by atoms with Gasteiger partial charge in [-0.25, -0.2) is 0 Å². The van der Waals surface area contributed by atoms with Crippen molar-refractivity contribution in [2.45, 2.75) is 19.4 Å². The molecule has 0 aliphatic heterocycles. The lowest BCUT2D eigenvalue weighted by Gasteiger charge is -2.16. The fourth-order valence-electron chi connectivity index (χ4n) is 1.90. The number of hydrogen-bond acceptors (Lipinski definition) is 2. The van der Waals surface area contributed by atoms with Crippen LogP contribution in [0.15, 0.2) is 41.0 Å². The molecule has 1 heterocycles. The van der Waals surface area contributed by atoms with Crippen molar-refractivity contribution in [3.8, 4) is 0 Å². The second-order valence-corrected chi connectivity index (χ2v) is 4.54. The highest BCUT2D eigenvalue weighted by Gasteiger charge is 2.12. The molecule has 0 amide bonds. The molecule has 0 aliphatic rings. The summed E-state index contributed by atoms with van der Waals surface area (Å²) < 4.78 is 5.38. The molecular formula is C14H16ClNO. The normalized spacial score (nSPS) is 12.6. The van der Waals surface area contributed by atoms with Crippen molar-refractivity contribution in [3.63, 3.8) is 0 Å². The third-order valence-electron chi connectivity index (χ3n) is 2.92. The first-order chi connectivity index (χ1) is 8.20. The second kappa shape index (κ2) is 5.39. The summed E-state index contributed by atoms with van der Waals surface area (Å²) in [4.78, 5) is 0. The molecule has 1 unspecified atom stereocenters. The monoisotopic (exact) mass is 249 g/mol. The fraction of sp³-hybridized carbons (Fsp3) is 0.286. The average Bonchev–Trinajstić information content (AvgIpc) is 2.82. The van der Waals surface area contributed by atoms with Gasteiger partial charge in [0.25, 0.3) is 0 Å². The summed E-state index contributed by atoms with van der Waals surface area (Å²) in [6, 6.07) is 10.3. The van der Waals surface area contributed by atoms with Crippen LogP contribution in [0, 0.1) is 6.92 Å². The molecule has 1 aromatic heterocycles. The van der Waals surface area contributed by atoms with E-state index in [9.17, 15) is 0 Å². The Hall–Kier alpha value is -1.25. The molecule has 90 valence electrons. The Bertz CT molecular complexity index is 479. The average molecular weight is 250 g/mol. The van der Waals surface area contributed by atoms with Gasteiger partial charge in [0.15, 0.2) is 0 Å². The molecule has 0 aliphatic carbocycles. The smallest absolute Gasteiger partial charge is 0.105 e. The third kappa shape index (κ3) is 2.90. The zero-order valence-electron chi connectivity index (χ0n) is 10.0. The minimum absolute atomic E-state index is 0.247. The van der Waals surface area contributed by atoms with E-state index in [2.05, 4.69) is 17.4 Å². The lowest BCUT2D eigenvalue weighted by molar-refractivity contribution is 0.466. The van der Waals surface area contributed by atoms with E-state index in [1.54, 1.807) is 6.26 Å². The van der Waals surface area contributed by atoms with Gasteiger partial charge >= 0.3 is 0 Å². The summed E-state index contributed by atoms with van der Waals surface area (Å²) in [7, 11) is 1.96. The molecule has 1 N–H and O–H groups in total. The van der Waals surface area contributed by atoms with Gasteiger partial charge in [0.1, 0.15) is 5.76 Å². The van der Waals surface area contributed by atoms with Gasteiger partial charge in [-0.1, -0.05) is 23.7 Å². The maximum Gasteiger partial charge on any atom is 0.105 e. The lowest BCUT2D eigenvalue weighted by Crippen LogP contribution is -2.18. The second-order valence-electron chi connectivity index (χ2n) is 4.13. The Labute approximate surface area is 107 Å². The summed E-state index contributed by atoms with van der Waals surface area (Å²) in [5.74, 6) is 0.983. The molecule has 0 spiro atoms. The molecule has 1 aromatic carbocycles. The van der Waals surface area contributed by atoms with E-state index in [1.165, 1.54) is 5.56 Å². The van der Waals surface area contributed by atoms with E-state index in [0.717, 1.165) is 22.8 Å². The van der Waals surface area contributed by atoms with E-state index in [0.29, 0.717) is 0 Å². The van der Waals surface area contributed by atoms with Crippen LogP contribution in [0.1, 0.15) is 22.9 Å². The number of halogens is 1. The zero-order chi connectivity index (χ0) is 12.3. The summed E-state index contributed by atoms with van der Waals surface area (Å²) >= 11 is 6.03. The Balaban J connectivity index is 2.20. The van der Waals surface area contributed by atoms with Crippen molar-refractivity contribution in [1.29, 1.82) is 0 Å². The van der Waals surface area contributed by atoms with Gasteiger partial charge in [0.05, 0.1) is 6.26 Å². The van der Waals surface area contributed by atoms with Crippen LogP contribution in [-0.2, 0) is 6.42 Å². The summed E-state index contributed by atoms with van der Waals surface area (Å²) in [5, 5.41) is 4.11. The lowest BCUT2D eigenvalue weighted by atomic mass is 10.0. The molecule has 2 rings (SSSR count). The summed E-state index contributed by atoms with van der Waals surface area (Å²) in [5.41, 5.74) is 2.33. The van der Waals surface area contributed by atoms with E-state index in [-0.39, 0.29) is 6.04 Å². The molecule has 0 saturated carbocycles. The number of rotatable bonds is 4. The fourth-order valence-corrected chi connectivity index (χ4v) is 2.02. The minimum Gasteiger partial charge on any atom is -0.469 e. The highest BCUT2D eigenvalue weighted by atomic mass is 35.5. The number of furan rings is 1. The van der Waals surface area contributed by atoms with E-state index < -0.39 is 0 Å². The van der Waals surface area contributed by atoms with Gasteiger partial charge in [-0.2, -0.15) is 0 Å². The number of aryl methyl sites for hydroxylation is 1. The van der Waals surface area contributed by atoms with Crippen LogP contribution in [0.4, 0.5) is 0 Å². The first-order valence-electron chi connectivity index (χ1n) is 5.66. The standard InChI is InChI=1S/C14H16ClNO/c1-10-8-11(5-6-13(10)15)14(16-2)9-12-4-3-7-17-12/h3-8,14,16H,9H2,1-2H3. The first kappa shape index (κ1) is 12.2. The van der Waals surface area contributed by atoms with Crippen LogP contribution in [-0.4, -0.2) is 7.05 Å². The first-order valence-corrected chi connectivity index (χ1v) is 6.04. The van der Waals surface area contributed by atoms with E-state index in [1.807, 2.05) is 32.2 Å². The zero-order valence-corrected chi connectivity index (χ0v) is 10.8. The molecule has 3 heteroatoms. The van der Waals surface area contributed by atoms with Crippen LogP contribution in [0.3, 0.4) is 0 Å². The van der Waals surface area contributed by atoms with E-state index >= 15 is 0 Å². The number of hydrogen-bond donors (Lipinski definition) is 1. The molecule has 0 radical (unpaired) electrons. The Kier molecular flexibility index (Phi) is 3.87. The number of benzene rings is 1. The van der Waals surface area contributed by atoms with Gasteiger partial charge in [-0.15, -0.1) is 0 Å². The molecule has 17 heavy (non-hydrogen) atoms. The van der Waals surface area contributed by atoms with Gasteiger partial charge in [0.2, 0.25) is 0 Å². The van der Waals surface area contributed by atoms with Crippen LogP contribution in [0.2, 0.25) is 5.02 Å². The Morgan fingerprint density at radius 3 is 2.76 bits per heavy atom. The molecule has 0 saturated heterocycles. The highest BCUT2D eigenvalue weighted by Crippen LogP contribution is 2.23. The molecule has 0 fully saturated rings. The van der Waals surface area contributed by atoms with Crippen LogP contribution >= 0.6 is 11.6 Å². The Morgan fingerprint density at radius 2 is 2.18 bits per heavy atom. The maximum absolute atomic E-state index is 6.03. The van der Waals surface area contributed by atoms with Crippen molar-refractivity contribution < 1.29 is 4.42 Å². The Morgan fingerprint density at radius 1 is 1.35 bits per heavy atom. The summed E-state index contributed by atoms with van der Waals surface area (Å²) in [6.07, 6.45) is 2.54. The third-order valence-corrected chi connectivity index (χ3v) is 3.34. The molecule has 0 bridgehead atoms. The molecule has 2 aromatic rings. The van der Waals surface area contributed by atoms with Crippen molar-refractivity contribution in [1.82, 2.24) is 5.32 Å². The largest absolute Gasteiger partial charge is 0.469 e. The van der Waals surface area contributed by atoms with Crippen molar-refractivity contribution in [2.24, 2.45) is 0 Å². The minimum atomic E-state index is 0.247. The van der Waals surface area contributed by atoms with Crippen molar-refractivity contribution >= 4 is 11.6 Å². The SMILES string of the molecule is CNC(Cc1ccco1)c1ccc(Cl)c(C)c1. The van der Waals surface area contributed by atoms with Crippen molar-refractivity contribution in [2.75, 3.05) is 7.05 Å². The predicted octanol–water partition coefficient (Wildman–Crippen LogP) is 3.74. The van der Waals surface area contributed by atoms with Gasteiger partial charge in [0, 0.05) is 17.5 Å². The van der Waals surface area contributed by atoms with E-state index in [4.69, 9.17) is 16.0 Å². The van der Waals surface area contributed by atoms with Crippen LogP contribution in [0.25, 0.3) is 0 Å². The maximum atomic E-state index is 6.03. The van der Waals surface area contributed by atoms with Crippen molar-refractivity contribution in [3.05, 3.63) is 58.5 Å². The van der Waals surface area contributed by atoms with Crippen LogP contribution in [0.5, 0.6) is 0 Å². The molecule has 2 nitrogen and oxygen atoms in total. The molecular weight excluding hydrogens is 234 g/mol. The van der Waals surface area contributed by atoms with Gasteiger partial charge in [-0.05, 0) is 43.3 Å². The topological polar surface area (TPSA) is 25.2 Å². The van der Waals surface area contributed by atoms with Gasteiger partial charge < -0.3 is 9.73 Å². The predicted molar refractivity (Wildman–Crippen MR) is 70.4 cm³/mol. The quantitative estimate of drug-likeness (QED) is 0.893. The number of likely N-dealkylation sites (N-methyl/N-ethyl adjacent to an activating group) is 1. The number of nitrogens with one attached hydrogen (secondary N) is 1.